The maximum Gasteiger partial charge on any atom is 0.324 e. The zero-order valence-electron chi connectivity index (χ0n) is 7.00. The summed E-state index contributed by atoms with van der Waals surface area (Å²) in [4.78, 5) is 25.9. The molecule has 0 radical (unpaired) electrons. The molecular formula is C7H7N5O2. The first-order chi connectivity index (χ1) is 6.81. The first-order valence-corrected chi connectivity index (χ1v) is 3.85. The zero-order valence-corrected chi connectivity index (χ0v) is 7.00. The molecule has 72 valence electrons. The van der Waals surface area contributed by atoms with Crippen LogP contribution in [0.5, 0.6) is 0 Å². The molecule has 0 fully saturated rings. The van der Waals surface area contributed by atoms with Crippen molar-refractivity contribution in [1.82, 2.24) is 15.4 Å². The minimum Gasteiger partial charge on any atom is -0.346 e. The number of hydrogen-bond acceptors (Lipinski definition) is 4. The lowest BCUT2D eigenvalue weighted by Gasteiger charge is -2.08. The van der Waals surface area contributed by atoms with Crippen LogP contribution in [0.3, 0.4) is 0 Å². The Morgan fingerprint density at radius 2 is 2.29 bits per heavy atom. The number of imidazole rings is 1. The molecule has 0 aliphatic carbocycles. The van der Waals surface area contributed by atoms with Gasteiger partial charge in [0.2, 0.25) is 0 Å². The Morgan fingerprint density at radius 1 is 1.43 bits per heavy atom. The number of hydrogen-bond donors (Lipinski definition) is 4. The smallest absolute Gasteiger partial charge is 0.324 e. The van der Waals surface area contributed by atoms with E-state index in [0.29, 0.717) is 17.1 Å². The van der Waals surface area contributed by atoms with Crippen LogP contribution in [0.2, 0.25) is 0 Å². The van der Waals surface area contributed by atoms with Crippen molar-refractivity contribution in [2.75, 3.05) is 5.32 Å². The number of nitrogens with zero attached hydrogens (tertiary/aromatic N) is 1. The number of aromatic nitrogens is 2. The minimum absolute atomic E-state index is 0.309. The van der Waals surface area contributed by atoms with Crippen molar-refractivity contribution in [3.05, 3.63) is 39.6 Å². The predicted octanol–water partition coefficient (Wildman–Crippen LogP) is 0.254. The second-order valence-corrected chi connectivity index (χ2v) is 2.63. The van der Waals surface area contributed by atoms with Crippen LogP contribution < -0.4 is 16.4 Å². The maximum atomic E-state index is 11.0. The molecule has 7 nitrogen and oxygen atoms in total. The molecule has 7 heteroatoms. The maximum absolute atomic E-state index is 11.0. The van der Waals surface area contributed by atoms with Crippen molar-refractivity contribution in [1.29, 1.82) is 0 Å². The van der Waals surface area contributed by atoms with Crippen LogP contribution in [0.15, 0.2) is 28.6 Å². The van der Waals surface area contributed by atoms with E-state index >= 15 is 0 Å². The Balaban J connectivity index is 2.44. The molecule has 14 heavy (non-hydrogen) atoms. The Bertz CT molecular complexity index is 467. The number of anilines is 1. The van der Waals surface area contributed by atoms with Gasteiger partial charge in [0.05, 0.1) is 11.0 Å². The van der Waals surface area contributed by atoms with Crippen LogP contribution >= 0.6 is 0 Å². The summed E-state index contributed by atoms with van der Waals surface area (Å²) < 4.78 is 0. The van der Waals surface area contributed by atoms with Gasteiger partial charge >= 0.3 is 5.69 Å². The van der Waals surface area contributed by atoms with Gasteiger partial charge in [0.25, 0.3) is 0 Å². The number of nitrogens with one attached hydrogen (secondary N) is 4. The molecule has 0 unspecified atom stereocenters. The van der Waals surface area contributed by atoms with Crippen molar-refractivity contribution >= 4 is 11.4 Å². The average molecular weight is 193 g/mol. The highest BCUT2D eigenvalue weighted by Crippen LogP contribution is 2.22. The van der Waals surface area contributed by atoms with Crippen molar-refractivity contribution in [2.24, 2.45) is 5.29 Å². The van der Waals surface area contributed by atoms with Gasteiger partial charge in [-0.3, -0.25) is 4.98 Å². The zero-order chi connectivity index (χ0) is 9.97. The second kappa shape index (κ2) is 3.21. The molecular weight excluding hydrogens is 186 g/mol. The van der Waals surface area contributed by atoms with E-state index in [9.17, 15) is 9.70 Å². The highest BCUT2D eigenvalue weighted by Gasteiger charge is 2.12. The fraction of sp³-hybridized carbons (Fsp3) is 0. The minimum atomic E-state index is -0.309. The molecule has 1 aliphatic rings. The Hall–Kier alpha value is -2.31. The van der Waals surface area contributed by atoms with Crippen molar-refractivity contribution in [3.8, 4) is 0 Å². The molecule has 2 heterocycles. The topological polar surface area (TPSA) is 102 Å². The molecule has 0 atom stereocenters. The summed E-state index contributed by atoms with van der Waals surface area (Å²) in [5.41, 5.74) is 3.11. The Morgan fingerprint density at radius 3 is 3.07 bits per heavy atom. The van der Waals surface area contributed by atoms with Gasteiger partial charge in [0.1, 0.15) is 5.82 Å². The lowest BCUT2D eigenvalue weighted by molar-refractivity contribution is 0.955. The molecule has 4 N–H and O–H groups in total. The molecule has 1 aliphatic heterocycles. The van der Waals surface area contributed by atoms with Gasteiger partial charge in [-0.2, -0.15) is 0 Å². The number of allylic oxidation sites excluding steroid dienone is 2. The summed E-state index contributed by atoms with van der Waals surface area (Å²) in [6, 6.07) is 0. The molecule has 0 bridgehead atoms. The van der Waals surface area contributed by atoms with E-state index < -0.39 is 0 Å². The van der Waals surface area contributed by atoms with Crippen LogP contribution in [0.25, 0.3) is 5.57 Å². The summed E-state index contributed by atoms with van der Waals surface area (Å²) >= 11 is 0. The Kier molecular flexibility index (Phi) is 1.90. The fourth-order valence-corrected chi connectivity index (χ4v) is 1.22. The van der Waals surface area contributed by atoms with Gasteiger partial charge < -0.3 is 10.3 Å². The van der Waals surface area contributed by atoms with Crippen molar-refractivity contribution < 1.29 is 0 Å². The largest absolute Gasteiger partial charge is 0.346 e. The van der Waals surface area contributed by atoms with Crippen LogP contribution in [0.4, 0.5) is 5.82 Å². The molecule has 0 aromatic carbocycles. The van der Waals surface area contributed by atoms with Crippen molar-refractivity contribution in [2.45, 2.75) is 0 Å². The number of aromatic amines is 2. The molecule has 0 saturated heterocycles. The first kappa shape index (κ1) is 8.30. The van der Waals surface area contributed by atoms with Crippen LogP contribution in [-0.4, -0.2) is 9.97 Å². The van der Waals surface area contributed by atoms with Gasteiger partial charge in [-0.15, -0.1) is 4.91 Å². The van der Waals surface area contributed by atoms with E-state index in [1.165, 1.54) is 6.20 Å². The predicted molar refractivity (Wildman–Crippen MR) is 51.1 cm³/mol. The highest BCUT2D eigenvalue weighted by molar-refractivity contribution is 5.81. The summed E-state index contributed by atoms with van der Waals surface area (Å²) in [7, 11) is 0. The summed E-state index contributed by atoms with van der Waals surface area (Å²) in [5, 5.41) is 5.32. The third-order valence-corrected chi connectivity index (χ3v) is 1.78. The summed E-state index contributed by atoms with van der Waals surface area (Å²) in [5.74, 6) is 0.566. The van der Waals surface area contributed by atoms with Gasteiger partial charge in [0, 0.05) is 18.0 Å². The van der Waals surface area contributed by atoms with E-state index in [1.807, 2.05) is 0 Å². The van der Waals surface area contributed by atoms with Crippen LogP contribution in [0.1, 0.15) is 5.69 Å². The number of H-pyrrole nitrogens is 2. The molecule has 1 aromatic rings. The standard InChI is InChI=1S/C7H7N5O2/c13-7-10-5-4(3-9-12-14)1-2-8-6(5)11-7/h1-3,8H,(H,9,14)(H2,10,11,13). The number of fused-ring (bicyclic) bond motifs is 1. The Labute approximate surface area is 77.9 Å². The van der Waals surface area contributed by atoms with E-state index in [1.54, 1.807) is 12.3 Å². The first-order valence-electron chi connectivity index (χ1n) is 3.85. The van der Waals surface area contributed by atoms with Crippen molar-refractivity contribution in [3.63, 3.8) is 0 Å². The second-order valence-electron chi connectivity index (χ2n) is 2.63. The van der Waals surface area contributed by atoms with E-state index in [0.717, 1.165) is 0 Å². The SMILES string of the molecule is O=NNC=C1C=CNc2[nH]c(=O)[nH]c21. The monoisotopic (exact) mass is 193 g/mol. The lowest BCUT2D eigenvalue weighted by atomic mass is 10.1. The number of rotatable bonds is 2. The van der Waals surface area contributed by atoms with Gasteiger partial charge in [-0.05, 0) is 6.08 Å². The van der Waals surface area contributed by atoms with Crippen LogP contribution in [0, 0.1) is 4.91 Å². The fourth-order valence-electron chi connectivity index (χ4n) is 1.22. The number of nitroso groups, excluding NO2 is 1. The average Bonchev–Trinajstić information content (AvgIpc) is 2.55. The molecule has 0 amide bonds. The molecule has 0 spiro atoms. The summed E-state index contributed by atoms with van der Waals surface area (Å²) in [6.07, 6.45) is 4.74. The van der Waals surface area contributed by atoms with E-state index in [-0.39, 0.29) is 5.69 Å². The van der Waals surface area contributed by atoms with E-state index in [2.05, 4.69) is 26.0 Å². The van der Waals surface area contributed by atoms with Crippen LogP contribution in [-0.2, 0) is 0 Å². The molecule has 2 rings (SSSR count). The quantitative estimate of drug-likeness (QED) is 0.399. The third kappa shape index (κ3) is 1.30. The molecule has 1 aromatic heterocycles. The summed E-state index contributed by atoms with van der Waals surface area (Å²) in [6.45, 7) is 0. The molecule has 0 saturated carbocycles. The normalized spacial score (nSPS) is 16.1. The van der Waals surface area contributed by atoms with Gasteiger partial charge in [-0.1, -0.05) is 0 Å². The third-order valence-electron chi connectivity index (χ3n) is 1.78. The lowest BCUT2D eigenvalue weighted by Crippen LogP contribution is -2.01. The van der Waals surface area contributed by atoms with Gasteiger partial charge in [0.15, 0.2) is 0 Å². The highest BCUT2D eigenvalue weighted by atomic mass is 16.3. The van der Waals surface area contributed by atoms with E-state index in [4.69, 9.17) is 0 Å². The van der Waals surface area contributed by atoms with Gasteiger partial charge in [-0.25, -0.2) is 10.2 Å².